The van der Waals surface area contributed by atoms with Gasteiger partial charge in [-0.3, -0.25) is 9.78 Å². The van der Waals surface area contributed by atoms with Crippen LogP contribution in [0.15, 0.2) is 65.7 Å². The number of aryl methyl sites for hydroxylation is 1. The van der Waals surface area contributed by atoms with Crippen molar-refractivity contribution in [3.63, 3.8) is 0 Å². The Balaban J connectivity index is 1.33. The van der Waals surface area contributed by atoms with Crippen molar-refractivity contribution in [2.45, 2.75) is 36.6 Å². The fraction of sp³-hybridized carbons (Fsp3) is 0.286. The smallest absolute Gasteiger partial charge is 0.379 e. The number of rotatable bonds is 6. The predicted molar refractivity (Wildman–Crippen MR) is 146 cm³/mol. The number of sulfone groups is 1. The summed E-state index contributed by atoms with van der Waals surface area (Å²) >= 11 is 0. The van der Waals surface area contributed by atoms with Crippen molar-refractivity contribution in [3.05, 3.63) is 77.6 Å². The van der Waals surface area contributed by atoms with E-state index in [1.54, 1.807) is 61.7 Å². The molecule has 5 rings (SSSR count). The highest BCUT2D eigenvalue weighted by molar-refractivity contribution is 7.90. The maximum absolute atomic E-state index is 13.3. The molecule has 1 unspecified atom stereocenters. The third-order valence-corrected chi connectivity index (χ3v) is 8.25. The van der Waals surface area contributed by atoms with E-state index in [2.05, 4.69) is 20.3 Å². The third kappa shape index (κ3) is 5.86. The lowest BCUT2D eigenvalue weighted by atomic mass is 10.0. The molecule has 0 saturated carbocycles. The number of hydrogen-bond acceptors (Lipinski definition) is 8. The van der Waals surface area contributed by atoms with Crippen LogP contribution in [0.1, 0.15) is 28.0 Å². The van der Waals surface area contributed by atoms with Crippen LogP contribution in [0.4, 0.5) is 19.0 Å². The van der Waals surface area contributed by atoms with Crippen LogP contribution in [0.25, 0.3) is 22.3 Å². The summed E-state index contributed by atoms with van der Waals surface area (Å²) in [7, 11) is -3.49. The molecule has 4 heterocycles. The van der Waals surface area contributed by atoms with Crippen molar-refractivity contribution >= 4 is 32.5 Å². The van der Waals surface area contributed by atoms with Crippen LogP contribution in [0.5, 0.6) is 0 Å². The first kappa shape index (κ1) is 28.4. The zero-order valence-electron chi connectivity index (χ0n) is 22.1. The summed E-state index contributed by atoms with van der Waals surface area (Å²) in [6.45, 7) is 1.13. The van der Waals surface area contributed by atoms with Crippen LogP contribution in [0, 0.1) is 6.92 Å². The average molecular weight is 586 g/mol. The number of halogens is 3. The highest BCUT2D eigenvalue weighted by atomic mass is 32.2. The Morgan fingerprint density at radius 3 is 2.56 bits per heavy atom. The number of pyridine rings is 3. The molecule has 41 heavy (non-hydrogen) atoms. The lowest BCUT2D eigenvalue weighted by Gasteiger charge is -2.26. The van der Waals surface area contributed by atoms with Crippen molar-refractivity contribution in [2.24, 2.45) is 0 Å². The second-order valence-corrected chi connectivity index (χ2v) is 12.1. The number of β-amino-alcohol motifs (C(OH)–C–C–N with tert-alkyl or cyclic N) is 1. The van der Waals surface area contributed by atoms with Crippen LogP contribution in [0.3, 0.4) is 0 Å². The van der Waals surface area contributed by atoms with Crippen molar-refractivity contribution in [2.75, 3.05) is 24.2 Å². The Hall–Kier alpha value is -4.10. The van der Waals surface area contributed by atoms with E-state index in [1.165, 1.54) is 11.0 Å². The molecule has 214 valence electrons. The van der Waals surface area contributed by atoms with Crippen molar-refractivity contribution in [1.82, 2.24) is 20.3 Å². The number of amides is 1. The first-order valence-corrected chi connectivity index (χ1v) is 14.5. The number of alkyl halides is 3. The molecule has 1 saturated heterocycles. The monoisotopic (exact) mass is 585 g/mol. The molecule has 13 heteroatoms. The summed E-state index contributed by atoms with van der Waals surface area (Å²) in [5.41, 5.74) is -0.0220. The molecule has 1 atom stereocenters. The zero-order chi connectivity index (χ0) is 29.6. The molecule has 0 radical (unpaired) electrons. The SMILES string of the molecule is Cc1ccc(C(=O)NCc2cc3nc(-c4cccc(N5CCC(O)(C(F)(F)F)C5)n4)ccc3cn2)cc1S(C)(=O)=O. The molecule has 1 aromatic carbocycles. The molecule has 9 nitrogen and oxygen atoms in total. The average Bonchev–Trinajstić information content (AvgIpc) is 3.34. The Bertz CT molecular complexity index is 1760. The molecule has 2 N–H and O–H groups in total. The van der Waals surface area contributed by atoms with Gasteiger partial charge in [-0.05, 0) is 55.0 Å². The van der Waals surface area contributed by atoms with E-state index in [9.17, 15) is 31.5 Å². The third-order valence-electron chi connectivity index (χ3n) is 7.01. The van der Waals surface area contributed by atoms with Crippen molar-refractivity contribution in [3.8, 4) is 11.4 Å². The van der Waals surface area contributed by atoms with Gasteiger partial charge in [0.05, 0.1) is 40.6 Å². The molecule has 1 aliphatic heterocycles. The minimum Gasteiger partial charge on any atom is -0.379 e. The molecule has 0 bridgehead atoms. The van der Waals surface area contributed by atoms with Gasteiger partial charge in [0.1, 0.15) is 5.82 Å². The number of anilines is 1. The molecule has 4 aromatic rings. The standard InChI is InChI=1S/C28H26F3N5O4S/c1-17-6-7-18(12-24(17)41(2,39)40)26(37)33-15-20-13-23-19(14-32-20)8-9-22(34-23)21-4-3-5-25(35-21)36-11-10-27(38,16-36)28(29,30)31/h3-9,12-14,38H,10-11,15-16H2,1-2H3,(H,33,37). The van der Waals surface area contributed by atoms with Crippen LogP contribution < -0.4 is 10.2 Å². The molecule has 1 fully saturated rings. The summed E-state index contributed by atoms with van der Waals surface area (Å²) in [6, 6.07) is 14.6. The highest BCUT2D eigenvalue weighted by Gasteiger charge is 2.57. The number of benzene rings is 1. The lowest BCUT2D eigenvalue weighted by Crippen LogP contribution is -2.47. The first-order chi connectivity index (χ1) is 19.2. The maximum atomic E-state index is 13.3. The van der Waals surface area contributed by atoms with Gasteiger partial charge < -0.3 is 15.3 Å². The second-order valence-electron chi connectivity index (χ2n) is 10.1. The number of carbonyl (C=O) groups excluding carboxylic acids is 1. The van der Waals surface area contributed by atoms with Gasteiger partial charge in [0.15, 0.2) is 15.4 Å². The number of nitrogens with one attached hydrogen (secondary N) is 1. The Morgan fingerprint density at radius 1 is 1.10 bits per heavy atom. The van der Waals surface area contributed by atoms with Gasteiger partial charge in [-0.1, -0.05) is 12.1 Å². The van der Waals surface area contributed by atoms with E-state index in [1.807, 2.05) is 0 Å². The summed E-state index contributed by atoms with van der Waals surface area (Å²) in [5, 5.41) is 13.5. The number of fused-ring (bicyclic) bond motifs is 1. The van der Waals surface area contributed by atoms with Gasteiger partial charge in [0, 0.05) is 36.4 Å². The zero-order valence-corrected chi connectivity index (χ0v) is 22.9. The van der Waals surface area contributed by atoms with Crippen LogP contribution in [-0.2, 0) is 16.4 Å². The fourth-order valence-electron chi connectivity index (χ4n) is 4.67. The van der Waals surface area contributed by atoms with Crippen LogP contribution in [0.2, 0.25) is 0 Å². The van der Waals surface area contributed by atoms with E-state index in [-0.39, 0.29) is 23.5 Å². The first-order valence-electron chi connectivity index (χ1n) is 12.6. The summed E-state index contributed by atoms with van der Waals surface area (Å²) < 4.78 is 63.8. The molecular formula is C28H26F3N5O4S. The Morgan fingerprint density at radius 2 is 1.85 bits per heavy atom. The van der Waals surface area contributed by atoms with Crippen molar-refractivity contribution < 1.29 is 31.5 Å². The quantitative estimate of drug-likeness (QED) is 0.350. The minimum absolute atomic E-state index is 0.0104. The van der Waals surface area contributed by atoms with Crippen molar-refractivity contribution in [1.29, 1.82) is 0 Å². The van der Waals surface area contributed by atoms with Gasteiger partial charge >= 0.3 is 6.18 Å². The maximum Gasteiger partial charge on any atom is 0.418 e. The normalized spacial score (nSPS) is 17.7. The molecule has 0 aliphatic carbocycles. The van der Waals surface area contributed by atoms with Gasteiger partial charge in [-0.25, -0.2) is 18.4 Å². The largest absolute Gasteiger partial charge is 0.418 e. The summed E-state index contributed by atoms with van der Waals surface area (Å²) in [4.78, 5) is 27.7. The van der Waals surface area contributed by atoms with Crippen LogP contribution in [-0.4, -0.2) is 65.5 Å². The lowest BCUT2D eigenvalue weighted by molar-refractivity contribution is -0.250. The summed E-state index contributed by atoms with van der Waals surface area (Å²) in [6.07, 6.45) is -2.48. The van der Waals surface area contributed by atoms with Gasteiger partial charge in [-0.15, -0.1) is 0 Å². The van der Waals surface area contributed by atoms with Gasteiger partial charge in [0.2, 0.25) is 0 Å². The number of hydrogen-bond donors (Lipinski definition) is 2. The number of nitrogens with zero attached hydrogens (tertiary/aromatic N) is 4. The summed E-state index contributed by atoms with van der Waals surface area (Å²) in [5.74, 6) is -0.156. The topological polar surface area (TPSA) is 125 Å². The highest BCUT2D eigenvalue weighted by Crippen LogP contribution is 2.39. The van der Waals surface area contributed by atoms with E-state index in [0.717, 1.165) is 11.6 Å². The number of aliphatic hydroxyl groups is 1. The van der Waals surface area contributed by atoms with E-state index in [0.29, 0.717) is 34.0 Å². The second kappa shape index (κ2) is 10.4. The Kier molecular flexibility index (Phi) is 7.20. The Labute approximate surface area is 234 Å². The molecule has 3 aromatic heterocycles. The van der Waals surface area contributed by atoms with E-state index < -0.39 is 40.5 Å². The van der Waals surface area contributed by atoms with E-state index >= 15 is 0 Å². The molecular weight excluding hydrogens is 559 g/mol. The molecule has 0 spiro atoms. The molecule has 1 amide bonds. The van der Waals surface area contributed by atoms with Gasteiger partial charge in [0.25, 0.3) is 5.91 Å². The fourth-order valence-corrected chi connectivity index (χ4v) is 5.67. The van der Waals surface area contributed by atoms with E-state index in [4.69, 9.17) is 0 Å². The predicted octanol–water partition coefficient (Wildman–Crippen LogP) is 3.84. The number of carbonyl (C=O) groups is 1. The number of aromatic nitrogens is 3. The van der Waals surface area contributed by atoms with Crippen LogP contribution >= 0.6 is 0 Å². The molecule has 1 aliphatic rings. The van der Waals surface area contributed by atoms with Gasteiger partial charge in [-0.2, -0.15) is 13.2 Å². The minimum atomic E-state index is -4.73.